The van der Waals surface area contributed by atoms with Crippen LogP contribution in [0.4, 0.5) is 8.78 Å². The van der Waals surface area contributed by atoms with Crippen LogP contribution < -0.4 is 20.1 Å². The van der Waals surface area contributed by atoms with Crippen molar-refractivity contribution in [2.45, 2.75) is 26.1 Å². The molecule has 1 aromatic carbocycles. The fraction of sp³-hybridized carbons (Fsp3) is 0.353. The lowest BCUT2D eigenvalue weighted by atomic mass is 10.2. The van der Waals surface area contributed by atoms with Gasteiger partial charge in [0.05, 0.1) is 26.0 Å². The summed E-state index contributed by atoms with van der Waals surface area (Å²) in [4.78, 5) is 11.9. The first-order valence-corrected chi connectivity index (χ1v) is 7.64. The Bertz CT molecular complexity index is 677. The monoisotopic (exact) mass is 354 g/mol. The van der Waals surface area contributed by atoms with Gasteiger partial charge in [0.15, 0.2) is 11.5 Å². The average molecular weight is 354 g/mol. The highest BCUT2D eigenvalue weighted by molar-refractivity contribution is 5.78. The van der Waals surface area contributed by atoms with E-state index < -0.39 is 6.61 Å². The molecular formula is C17H20F2N2O4. The lowest BCUT2D eigenvalue weighted by Gasteiger charge is -2.13. The molecule has 0 saturated carbocycles. The smallest absolute Gasteiger partial charge is 0.387 e. The quantitative estimate of drug-likeness (QED) is 0.724. The van der Waals surface area contributed by atoms with Crippen molar-refractivity contribution in [3.8, 4) is 11.5 Å². The molecule has 25 heavy (non-hydrogen) atoms. The zero-order chi connectivity index (χ0) is 18.2. The fourth-order valence-electron chi connectivity index (χ4n) is 2.16. The SMILES string of the molecule is COc1cc(CNC(=O)CN[C@H](C)c2ccco2)ccc1OC(F)F. The highest BCUT2D eigenvalue weighted by Gasteiger charge is 2.12. The Balaban J connectivity index is 1.82. The van der Waals surface area contributed by atoms with Gasteiger partial charge in [0.2, 0.25) is 5.91 Å². The molecule has 0 aliphatic carbocycles. The summed E-state index contributed by atoms with van der Waals surface area (Å²) in [5.41, 5.74) is 0.700. The van der Waals surface area contributed by atoms with Crippen LogP contribution in [0.2, 0.25) is 0 Å². The highest BCUT2D eigenvalue weighted by Crippen LogP contribution is 2.29. The minimum absolute atomic E-state index is 0.0542. The molecule has 0 radical (unpaired) electrons. The molecular weight excluding hydrogens is 334 g/mol. The molecule has 2 aromatic rings. The van der Waals surface area contributed by atoms with Crippen molar-refractivity contribution in [1.29, 1.82) is 0 Å². The van der Waals surface area contributed by atoms with E-state index in [0.717, 1.165) is 5.76 Å². The van der Waals surface area contributed by atoms with Gasteiger partial charge >= 0.3 is 6.61 Å². The van der Waals surface area contributed by atoms with E-state index in [4.69, 9.17) is 9.15 Å². The number of carbonyl (C=O) groups excluding carboxylic acids is 1. The molecule has 0 fully saturated rings. The second-order valence-corrected chi connectivity index (χ2v) is 5.26. The van der Waals surface area contributed by atoms with Crippen molar-refractivity contribution < 1.29 is 27.5 Å². The number of alkyl halides is 2. The Morgan fingerprint density at radius 3 is 2.72 bits per heavy atom. The third kappa shape index (κ3) is 5.75. The first kappa shape index (κ1) is 18.7. The zero-order valence-corrected chi connectivity index (χ0v) is 13.9. The minimum Gasteiger partial charge on any atom is -0.493 e. The average Bonchev–Trinajstić information content (AvgIpc) is 3.13. The van der Waals surface area contributed by atoms with Crippen LogP contribution in [0.25, 0.3) is 0 Å². The number of hydrogen-bond donors (Lipinski definition) is 2. The molecule has 1 amide bonds. The number of furan rings is 1. The molecule has 1 aromatic heterocycles. The Kier molecular flexibility index (Phi) is 6.76. The van der Waals surface area contributed by atoms with Crippen LogP contribution in [0.5, 0.6) is 11.5 Å². The van der Waals surface area contributed by atoms with Crippen molar-refractivity contribution >= 4 is 5.91 Å². The lowest BCUT2D eigenvalue weighted by molar-refractivity contribution is -0.120. The number of ether oxygens (including phenoxy) is 2. The number of carbonyl (C=O) groups is 1. The summed E-state index contributed by atoms with van der Waals surface area (Å²) in [5, 5.41) is 5.78. The van der Waals surface area contributed by atoms with Gasteiger partial charge in [0.25, 0.3) is 0 Å². The highest BCUT2D eigenvalue weighted by atomic mass is 19.3. The summed E-state index contributed by atoms with van der Waals surface area (Å²) in [6.07, 6.45) is 1.57. The molecule has 2 rings (SSSR count). The van der Waals surface area contributed by atoms with E-state index in [2.05, 4.69) is 15.4 Å². The van der Waals surface area contributed by atoms with E-state index in [-0.39, 0.29) is 36.5 Å². The van der Waals surface area contributed by atoms with Crippen LogP contribution in [0.1, 0.15) is 24.3 Å². The molecule has 1 heterocycles. The van der Waals surface area contributed by atoms with Gasteiger partial charge in [0.1, 0.15) is 5.76 Å². The summed E-state index contributed by atoms with van der Waals surface area (Å²) < 4.78 is 39.2. The summed E-state index contributed by atoms with van der Waals surface area (Å²) >= 11 is 0. The molecule has 0 spiro atoms. The van der Waals surface area contributed by atoms with E-state index in [1.165, 1.54) is 19.2 Å². The van der Waals surface area contributed by atoms with Gasteiger partial charge in [-0.2, -0.15) is 8.78 Å². The molecule has 0 bridgehead atoms. The van der Waals surface area contributed by atoms with Gasteiger partial charge in [-0.05, 0) is 36.8 Å². The predicted octanol–water partition coefficient (Wildman–Crippen LogP) is 2.86. The third-order valence-corrected chi connectivity index (χ3v) is 3.47. The first-order valence-electron chi connectivity index (χ1n) is 7.64. The summed E-state index contributed by atoms with van der Waals surface area (Å²) in [6.45, 7) is -0.688. The van der Waals surface area contributed by atoms with Gasteiger partial charge in [-0.3, -0.25) is 10.1 Å². The molecule has 6 nitrogen and oxygen atoms in total. The second kappa shape index (κ2) is 9.03. The molecule has 2 N–H and O–H groups in total. The normalized spacial score (nSPS) is 12.0. The molecule has 0 saturated heterocycles. The van der Waals surface area contributed by atoms with Crippen LogP contribution in [-0.2, 0) is 11.3 Å². The van der Waals surface area contributed by atoms with Crippen molar-refractivity contribution in [3.63, 3.8) is 0 Å². The standard InChI is InChI=1S/C17H20F2N2O4/c1-11(13-4-3-7-24-13)20-10-16(22)21-9-12-5-6-14(25-17(18)19)15(8-12)23-2/h3-8,11,17,20H,9-10H2,1-2H3,(H,21,22)/t11-/m1/s1. The topological polar surface area (TPSA) is 72.7 Å². The van der Waals surface area contributed by atoms with E-state index in [9.17, 15) is 13.6 Å². The largest absolute Gasteiger partial charge is 0.493 e. The van der Waals surface area contributed by atoms with Gasteiger partial charge in [-0.1, -0.05) is 6.07 Å². The molecule has 1 atom stereocenters. The summed E-state index contributed by atoms with van der Waals surface area (Å²) in [5.74, 6) is 0.663. The minimum atomic E-state index is -2.93. The maximum Gasteiger partial charge on any atom is 0.387 e. The molecule has 8 heteroatoms. The Morgan fingerprint density at radius 2 is 2.08 bits per heavy atom. The van der Waals surface area contributed by atoms with Crippen LogP contribution >= 0.6 is 0 Å². The van der Waals surface area contributed by atoms with Crippen molar-refractivity contribution in [3.05, 3.63) is 47.9 Å². The van der Waals surface area contributed by atoms with Gasteiger partial charge < -0.3 is 19.2 Å². The zero-order valence-electron chi connectivity index (χ0n) is 13.9. The maximum atomic E-state index is 12.3. The van der Waals surface area contributed by atoms with Crippen molar-refractivity contribution in [1.82, 2.24) is 10.6 Å². The van der Waals surface area contributed by atoms with E-state index in [1.54, 1.807) is 18.4 Å². The number of halogens is 2. The number of nitrogens with one attached hydrogen (secondary N) is 2. The van der Waals surface area contributed by atoms with E-state index in [1.807, 2.05) is 13.0 Å². The predicted molar refractivity (Wildman–Crippen MR) is 86.6 cm³/mol. The van der Waals surface area contributed by atoms with Crippen molar-refractivity contribution in [2.75, 3.05) is 13.7 Å². The third-order valence-electron chi connectivity index (χ3n) is 3.47. The van der Waals surface area contributed by atoms with E-state index >= 15 is 0 Å². The summed E-state index contributed by atoms with van der Waals surface area (Å²) in [7, 11) is 1.36. The Morgan fingerprint density at radius 1 is 1.28 bits per heavy atom. The molecule has 0 aliphatic heterocycles. The van der Waals surface area contributed by atoms with Gasteiger partial charge in [-0.15, -0.1) is 0 Å². The Labute approximate surface area is 144 Å². The van der Waals surface area contributed by atoms with Gasteiger partial charge in [-0.25, -0.2) is 0 Å². The van der Waals surface area contributed by atoms with Crippen LogP contribution in [0.3, 0.4) is 0 Å². The van der Waals surface area contributed by atoms with Crippen LogP contribution in [-0.4, -0.2) is 26.2 Å². The van der Waals surface area contributed by atoms with Gasteiger partial charge in [0, 0.05) is 6.54 Å². The van der Waals surface area contributed by atoms with Crippen molar-refractivity contribution in [2.24, 2.45) is 0 Å². The molecule has 0 aliphatic rings. The number of hydrogen-bond acceptors (Lipinski definition) is 5. The summed E-state index contributed by atoms with van der Waals surface area (Å²) in [6, 6.07) is 8.01. The number of methoxy groups -OCH3 is 1. The van der Waals surface area contributed by atoms with Crippen LogP contribution in [0.15, 0.2) is 41.0 Å². The molecule has 136 valence electrons. The van der Waals surface area contributed by atoms with Crippen LogP contribution in [0, 0.1) is 0 Å². The number of rotatable bonds is 9. The second-order valence-electron chi connectivity index (χ2n) is 5.26. The maximum absolute atomic E-state index is 12.3. The first-order chi connectivity index (χ1) is 12.0. The Hall–Kier alpha value is -2.61. The number of amides is 1. The van der Waals surface area contributed by atoms with E-state index in [0.29, 0.717) is 5.56 Å². The fourth-order valence-corrected chi connectivity index (χ4v) is 2.16. The number of benzene rings is 1. The lowest BCUT2D eigenvalue weighted by Crippen LogP contribution is -2.34. The molecule has 0 unspecified atom stereocenters.